The summed E-state index contributed by atoms with van der Waals surface area (Å²) in [5, 5.41) is 12.3. The molecule has 9 nitrogen and oxygen atoms in total. The average Bonchev–Trinajstić information content (AvgIpc) is 3.65. The maximum Gasteiger partial charge on any atom is 0.352 e. The van der Waals surface area contributed by atoms with Crippen LogP contribution < -0.4 is 10.1 Å². The number of amides is 3. The largest absolute Gasteiger partial charge is 0.497 e. The summed E-state index contributed by atoms with van der Waals surface area (Å²) in [7, 11) is 1.59. The number of hydrogen-bond donors (Lipinski definition) is 2. The lowest BCUT2D eigenvalue weighted by molar-refractivity contribution is -0.155. The standard InChI is InChI=1S/C27H31N3O6S/c1-15(37-20-8-6-19(36-2)7-9-20)24(31)28-22-21-10-5-17(23(27(34)35)30(21)26(22)33)13-18-11-12-29(25(18)32)14-16-3-4-16/h6-9,13,15-16,21-22H,3-5,10-12,14H2,1-2H3,(H,28,31)(H,34,35)/b18-13+/t15?,21-,22+/m1/s1. The first-order valence-corrected chi connectivity index (χ1v) is 13.5. The summed E-state index contributed by atoms with van der Waals surface area (Å²) in [6.45, 7) is 3.19. The number of β-lactam (4-membered cyclic amide) rings is 1. The number of allylic oxidation sites excluding steroid dienone is 2. The molecule has 1 aromatic rings. The van der Waals surface area contributed by atoms with Crippen LogP contribution in [0, 0.1) is 5.92 Å². The number of benzene rings is 1. The summed E-state index contributed by atoms with van der Waals surface area (Å²) in [5.74, 6) is -0.617. The van der Waals surface area contributed by atoms with Gasteiger partial charge in [-0.2, -0.15) is 0 Å². The first-order valence-electron chi connectivity index (χ1n) is 12.7. The number of nitrogens with one attached hydrogen (secondary N) is 1. The van der Waals surface area contributed by atoms with Crippen LogP contribution in [0.3, 0.4) is 0 Å². The molecule has 0 spiro atoms. The summed E-state index contributed by atoms with van der Waals surface area (Å²) < 4.78 is 5.16. The molecule has 0 radical (unpaired) electrons. The van der Waals surface area contributed by atoms with Crippen LogP contribution >= 0.6 is 11.8 Å². The normalized spacial score (nSPS) is 25.2. The maximum atomic E-state index is 13.0. The van der Waals surface area contributed by atoms with Gasteiger partial charge in [0.1, 0.15) is 17.5 Å². The quantitative estimate of drug-likeness (QED) is 0.289. The van der Waals surface area contributed by atoms with Gasteiger partial charge in [0.05, 0.1) is 18.4 Å². The van der Waals surface area contributed by atoms with Crippen molar-refractivity contribution in [2.45, 2.75) is 61.3 Å². The van der Waals surface area contributed by atoms with Crippen molar-refractivity contribution in [2.75, 3.05) is 20.2 Å². The van der Waals surface area contributed by atoms with Gasteiger partial charge in [-0.15, -0.1) is 11.8 Å². The molecule has 4 aliphatic rings. The Balaban J connectivity index is 1.25. The Morgan fingerprint density at radius 2 is 1.92 bits per heavy atom. The number of nitrogens with zero attached hydrogens (tertiary/aromatic N) is 2. The molecule has 1 saturated carbocycles. The van der Waals surface area contributed by atoms with Crippen LogP contribution in [-0.4, -0.2) is 76.1 Å². The first kappa shape index (κ1) is 25.4. The molecular formula is C27H31N3O6S. The van der Waals surface area contributed by atoms with Crippen LogP contribution in [0.2, 0.25) is 0 Å². The first-order chi connectivity index (χ1) is 17.8. The van der Waals surface area contributed by atoms with Crippen molar-refractivity contribution in [1.29, 1.82) is 0 Å². The number of methoxy groups -OCH3 is 1. The topological polar surface area (TPSA) is 116 Å². The van der Waals surface area contributed by atoms with Gasteiger partial charge in [0.25, 0.3) is 5.91 Å². The number of rotatable bonds is 9. The zero-order chi connectivity index (χ0) is 26.3. The minimum atomic E-state index is -1.20. The Morgan fingerprint density at radius 1 is 1.19 bits per heavy atom. The van der Waals surface area contributed by atoms with Crippen LogP contribution in [0.25, 0.3) is 0 Å². The Labute approximate surface area is 219 Å². The lowest BCUT2D eigenvalue weighted by Gasteiger charge is -2.50. The van der Waals surface area contributed by atoms with Crippen molar-refractivity contribution in [1.82, 2.24) is 15.1 Å². The van der Waals surface area contributed by atoms with E-state index in [-0.39, 0.29) is 17.5 Å². The fourth-order valence-electron chi connectivity index (χ4n) is 5.21. The van der Waals surface area contributed by atoms with Gasteiger partial charge < -0.3 is 20.1 Å². The molecule has 1 unspecified atom stereocenters. The van der Waals surface area contributed by atoms with Crippen molar-refractivity contribution in [3.63, 3.8) is 0 Å². The summed E-state index contributed by atoms with van der Waals surface area (Å²) >= 11 is 1.37. The summed E-state index contributed by atoms with van der Waals surface area (Å²) in [6.07, 6.45) is 5.53. The average molecular weight is 526 g/mol. The number of likely N-dealkylation sites (tertiary alicyclic amines) is 1. The van der Waals surface area contributed by atoms with Crippen LogP contribution in [0.1, 0.15) is 39.0 Å². The van der Waals surface area contributed by atoms with Crippen molar-refractivity contribution in [3.05, 3.63) is 47.2 Å². The highest BCUT2D eigenvalue weighted by molar-refractivity contribution is 8.00. The highest BCUT2D eigenvalue weighted by atomic mass is 32.2. The van der Waals surface area contributed by atoms with Gasteiger partial charge in [-0.3, -0.25) is 19.3 Å². The second kappa shape index (κ2) is 10.2. The molecule has 5 rings (SSSR count). The molecule has 10 heteroatoms. The highest BCUT2D eigenvalue weighted by Gasteiger charge is 2.53. The van der Waals surface area contributed by atoms with E-state index in [1.54, 1.807) is 20.1 Å². The van der Waals surface area contributed by atoms with Gasteiger partial charge in [-0.25, -0.2) is 4.79 Å². The molecule has 3 amide bonds. The Hall–Kier alpha value is -3.27. The molecule has 3 heterocycles. The second-order valence-corrected chi connectivity index (χ2v) is 11.4. The smallest absolute Gasteiger partial charge is 0.352 e. The number of carbonyl (C=O) groups is 4. The predicted octanol–water partition coefficient (Wildman–Crippen LogP) is 2.57. The number of carbonyl (C=O) groups excluding carboxylic acids is 3. The van der Waals surface area contributed by atoms with E-state index in [0.29, 0.717) is 42.9 Å². The summed E-state index contributed by atoms with van der Waals surface area (Å²) in [6, 6.07) is 6.21. The van der Waals surface area contributed by atoms with Gasteiger partial charge in [-0.1, -0.05) is 0 Å². The van der Waals surface area contributed by atoms with Crippen molar-refractivity contribution < 1.29 is 29.0 Å². The summed E-state index contributed by atoms with van der Waals surface area (Å²) in [5.41, 5.74) is 1.03. The SMILES string of the molecule is COc1ccc(SC(C)C(=O)N[C@@H]2C(=O)N3C(C(=O)O)=C(/C=C4\CCN(CC5CC5)C4=O)CC[C@H]23)cc1. The lowest BCUT2D eigenvalue weighted by atomic mass is 9.83. The number of aliphatic carboxylic acids is 1. The highest BCUT2D eigenvalue weighted by Crippen LogP contribution is 2.39. The molecular weight excluding hydrogens is 494 g/mol. The predicted molar refractivity (Wildman–Crippen MR) is 137 cm³/mol. The number of carboxylic acids is 1. The van der Waals surface area contributed by atoms with Crippen LogP contribution in [0.5, 0.6) is 5.75 Å². The maximum absolute atomic E-state index is 13.0. The molecule has 3 fully saturated rings. The lowest BCUT2D eigenvalue weighted by Crippen LogP contribution is -2.72. The van der Waals surface area contributed by atoms with Crippen molar-refractivity contribution in [2.24, 2.45) is 5.92 Å². The van der Waals surface area contributed by atoms with Crippen LogP contribution in [-0.2, 0) is 19.2 Å². The zero-order valence-corrected chi connectivity index (χ0v) is 21.8. The van der Waals surface area contributed by atoms with E-state index in [9.17, 15) is 24.3 Å². The van der Waals surface area contributed by atoms with E-state index in [4.69, 9.17) is 4.74 Å². The number of ether oxygens (including phenoxy) is 1. The minimum absolute atomic E-state index is 0.0327. The minimum Gasteiger partial charge on any atom is -0.497 e. The van der Waals surface area contributed by atoms with Crippen LogP contribution in [0.4, 0.5) is 0 Å². The van der Waals surface area contributed by atoms with E-state index >= 15 is 0 Å². The Bertz CT molecular complexity index is 1190. The van der Waals surface area contributed by atoms with E-state index in [1.165, 1.54) is 16.7 Å². The molecule has 0 bridgehead atoms. The van der Waals surface area contributed by atoms with E-state index in [1.807, 2.05) is 29.2 Å². The number of fused-ring (bicyclic) bond motifs is 1. The fraction of sp³-hybridized carbons (Fsp3) is 0.481. The van der Waals surface area contributed by atoms with E-state index in [2.05, 4.69) is 5.32 Å². The molecule has 196 valence electrons. The molecule has 2 saturated heterocycles. The van der Waals surface area contributed by atoms with Crippen LogP contribution in [0.15, 0.2) is 52.1 Å². The number of hydrogen-bond acceptors (Lipinski definition) is 6. The summed E-state index contributed by atoms with van der Waals surface area (Å²) in [4.78, 5) is 54.9. The van der Waals surface area contributed by atoms with Crippen molar-refractivity contribution in [3.8, 4) is 5.75 Å². The molecule has 3 aliphatic heterocycles. The molecule has 37 heavy (non-hydrogen) atoms. The fourth-order valence-corrected chi connectivity index (χ4v) is 6.09. The van der Waals surface area contributed by atoms with E-state index < -0.39 is 29.2 Å². The van der Waals surface area contributed by atoms with E-state index in [0.717, 1.165) is 30.0 Å². The third kappa shape index (κ3) is 5.12. The van der Waals surface area contributed by atoms with Gasteiger partial charge in [0.2, 0.25) is 11.8 Å². The van der Waals surface area contributed by atoms with Gasteiger partial charge in [-0.05, 0) is 80.9 Å². The van der Waals surface area contributed by atoms with Gasteiger partial charge in [0, 0.05) is 23.6 Å². The van der Waals surface area contributed by atoms with Gasteiger partial charge >= 0.3 is 5.97 Å². The molecule has 2 N–H and O–H groups in total. The molecule has 0 aromatic heterocycles. The third-order valence-electron chi connectivity index (χ3n) is 7.45. The monoisotopic (exact) mass is 525 g/mol. The second-order valence-electron chi connectivity index (χ2n) is 10.0. The molecule has 3 atom stereocenters. The number of thioether (sulfide) groups is 1. The molecule has 1 aliphatic carbocycles. The molecule has 1 aromatic carbocycles. The van der Waals surface area contributed by atoms with Gasteiger partial charge in [0.15, 0.2) is 0 Å². The van der Waals surface area contributed by atoms with Crippen molar-refractivity contribution >= 4 is 35.5 Å². The Kier molecular flexibility index (Phi) is 7.02. The third-order valence-corrected chi connectivity index (χ3v) is 8.57. The Morgan fingerprint density at radius 3 is 2.57 bits per heavy atom. The number of carboxylic acid groups (broad SMARTS) is 1. The zero-order valence-electron chi connectivity index (χ0n) is 20.9.